The van der Waals surface area contributed by atoms with Crippen LogP contribution in [0.4, 0.5) is 11.8 Å². The number of aliphatic hydroxyl groups excluding tert-OH is 1. The van der Waals surface area contributed by atoms with Gasteiger partial charge in [-0.2, -0.15) is 4.98 Å². The molecule has 4 heterocycles. The van der Waals surface area contributed by atoms with Crippen LogP contribution in [-0.4, -0.2) is 60.2 Å². The topological polar surface area (TPSA) is 104 Å². The third-order valence-corrected chi connectivity index (χ3v) is 8.91. The Balaban J connectivity index is 1.26. The summed E-state index contributed by atoms with van der Waals surface area (Å²) in [5, 5.41) is 13.9. The van der Waals surface area contributed by atoms with E-state index in [1.807, 2.05) is 0 Å². The first-order valence-corrected chi connectivity index (χ1v) is 12.9. The number of aliphatic hydroxyl groups is 1. The van der Waals surface area contributed by atoms with Crippen molar-refractivity contribution in [1.29, 1.82) is 0 Å². The average Bonchev–Trinajstić information content (AvgIpc) is 3.44. The van der Waals surface area contributed by atoms with E-state index in [0.717, 1.165) is 55.2 Å². The van der Waals surface area contributed by atoms with Crippen molar-refractivity contribution < 1.29 is 9.32 Å². The molecule has 2 N–H and O–H groups in total. The first-order valence-electron chi connectivity index (χ1n) is 11.2. The summed E-state index contributed by atoms with van der Waals surface area (Å²) >= 11 is 5.92. The smallest absolute Gasteiger partial charge is 0.227 e. The zero-order chi connectivity index (χ0) is 21.9. The van der Waals surface area contributed by atoms with Crippen molar-refractivity contribution >= 4 is 39.7 Å². The lowest BCUT2D eigenvalue weighted by atomic mass is 9.77. The number of rotatable bonds is 5. The monoisotopic (exact) mass is 472 g/mol. The summed E-state index contributed by atoms with van der Waals surface area (Å²) in [7, 11) is -1.09. The summed E-state index contributed by atoms with van der Waals surface area (Å²) in [4.78, 5) is 21.4. The number of aryl methyl sites for hydroxylation is 1. The zero-order valence-corrected chi connectivity index (χ0v) is 19.2. The largest absolute Gasteiger partial charge is 0.394 e. The number of aromatic nitrogens is 4. The lowest BCUT2D eigenvalue weighted by Gasteiger charge is -2.41. The van der Waals surface area contributed by atoms with Crippen molar-refractivity contribution in [1.82, 2.24) is 19.9 Å². The molecular weight excluding hydrogens is 448 g/mol. The zero-order valence-electron chi connectivity index (χ0n) is 17.6. The Morgan fingerprint density at radius 2 is 2.06 bits per heavy atom. The van der Waals surface area contributed by atoms with E-state index in [9.17, 15) is 9.32 Å². The maximum absolute atomic E-state index is 12.6. The van der Waals surface area contributed by atoms with Gasteiger partial charge in [-0.05, 0) is 43.1 Å². The van der Waals surface area contributed by atoms with E-state index in [-0.39, 0.29) is 12.1 Å². The molecule has 6 rings (SSSR count). The molecule has 2 aliphatic carbocycles. The van der Waals surface area contributed by atoms with Crippen LogP contribution in [0, 0.1) is 11.8 Å². The summed E-state index contributed by atoms with van der Waals surface area (Å²) in [6.45, 7) is 1.76. The molecule has 0 spiro atoms. The molecular formula is C22H25ClN6O2S. The number of hydrogen-bond acceptors (Lipinski definition) is 8. The number of allylic oxidation sites excluding steroid dienone is 1. The van der Waals surface area contributed by atoms with Crippen LogP contribution in [0.15, 0.2) is 23.4 Å². The van der Waals surface area contributed by atoms with Crippen molar-refractivity contribution in [2.75, 3.05) is 35.7 Å². The standard InChI is InChI=1S/C22H25ClN6O2S/c23-16-8-24-19(25-9-16)13-6-14-10-29(11-15(14)7-13)21-26-17-2-5-32(31)18(17)20(27-21)28-22(12-30)3-1-4-22/h6,8-9,14-15,30H,1-5,7,10-12H2,(H,26,27,28)/t14-,15+,32-/m1/s1. The third-order valence-electron chi connectivity index (χ3n) is 7.25. The van der Waals surface area contributed by atoms with Gasteiger partial charge in [0.1, 0.15) is 10.7 Å². The normalized spacial score (nSPS) is 27.6. The van der Waals surface area contributed by atoms with Gasteiger partial charge < -0.3 is 15.3 Å². The molecule has 0 amide bonds. The fraction of sp³-hybridized carbons (Fsp3) is 0.545. The van der Waals surface area contributed by atoms with Gasteiger partial charge in [0.2, 0.25) is 5.95 Å². The second-order valence-corrected chi connectivity index (χ2v) is 11.3. The van der Waals surface area contributed by atoms with E-state index in [2.05, 4.69) is 26.3 Å². The molecule has 0 bridgehead atoms. The van der Waals surface area contributed by atoms with E-state index >= 15 is 0 Å². The Bertz CT molecular complexity index is 1110. The van der Waals surface area contributed by atoms with Crippen LogP contribution in [0.3, 0.4) is 0 Å². The predicted molar refractivity (Wildman–Crippen MR) is 123 cm³/mol. The van der Waals surface area contributed by atoms with Crippen LogP contribution < -0.4 is 10.2 Å². The second kappa shape index (κ2) is 7.74. The van der Waals surface area contributed by atoms with Crippen LogP contribution in [0.5, 0.6) is 0 Å². The molecule has 2 fully saturated rings. The molecule has 8 nitrogen and oxygen atoms in total. The summed E-state index contributed by atoms with van der Waals surface area (Å²) in [5.74, 6) is 3.58. The molecule has 0 unspecified atom stereocenters. The number of nitrogens with zero attached hydrogens (tertiary/aromatic N) is 5. The highest BCUT2D eigenvalue weighted by molar-refractivity contribution is 7.85. The minimum atomic E-state index is -1.09. The number of nitrogens with one attached hydrogen (secondary N) is 1. The minimum Gasteiger partial charge on any atom is -0.394 e. The Labute approximate surface area is 194 Å². The highest BCUT2D eigenvalue weighted by Gasteiger charge is 2.41. The maximum Gasteiger partial charge on any atom is 0.227 e. The summed E-state index contributed by atoms with van der Waals surface area (Å²) < 4.78 is 12.6. The van der Waals surface area contributed by atoms with Gasteiger partial charge in [0, 0.05) is 37.7 Å². The molecule has 0 radical (unpaired) electrons. The molecule has 3 atom stereocenters. The summed E-state index contributed by atoms with van der Waals surface area (Å²) in [6.07, 6.45) is 10.1. The lowest BCUT2D eigenvalue weighted by molar-refractivity contribution is 0.143. The Kier molecular flexibility index (Phi) is 4.96. The van der Waals surface area contributed by atoms with Crippen LogP contribution in [0.25, 0.3) is 5.57 Å². The highest BCUT2D eigenvalue weighted by Crippen LogP contribution is 2.42. The number of halogens is 1. The fourth-order valence-electron chi connectivity index (χ4n) is 5.30. The third kappa shape index (κ3) is 3.41. The van der Waals surface area contributed by atoms with Crippen molar-refractivity contribution in [2.45, 2.75) is 42.5 Å². The first kappa shape index (κ1) is 20.5. The maximum atomic E-state index is 12.6. The van der Waals surface area contributed by atoms with Gasteiger partial charge in [-0.1, -0.05) is 17.7 Å². The van der Waals surface area contributed by atoms with Crippen molar-refractivity contribution in [3.05, 3.63) is 35.0 Å². The SMILES string of the molecule is O=[S@@]1CCc2nc(N3C[C@@H]4CC(c5ncc(Cl)cn5)=C[C@@H]4C3)nc(NC3(CO)CCC3)c21. The van der Waals surface area contributed by atoms with Gasteiger partial charge in [0.25, 0.3) is 0 Å². The summed E-state index contributed by atoms with van der Waals surface area (Å²) in [5.41, 5.74) is 1.72. The fourth-order valence-corrected chi connectivity index (χ4v) is 6.71. The highest BCUT2D eigenvalue weighted by atomic mass is 35.5. The molecule has 0 aromatic carbocycles. The molecule has 2 aliphatic heterocycles. The van der Waals surface area contributed by atoms with Crippen LogP contribution in [0.1, 0.15) is 37.2 Å². The van der Waals surface area contributed by atoms with Crippen molar-refractivity contribution in [2.24, 2.45) is 11.8 Å². The molecule has 32 heavy (non-hydrogen) atoms. The predicted octanol–water partition coefficient (Wildman–Crippen LogP) is 2.45. The number of anilines is 2. The van der Waals surface area contributed by atoms with Crippen molar-refractivity contribution in [3.8, 4) is 0 Å². The lowest BCUT2D eigenvalue weighted by Crippen LogP contribution is -2.48. The minimum absolute atomic E-state index is 0.0575. The molecule has 1 saturated heterocycles. The first-order chi connectivity index (χ1) is 15.5. The number of fused-ring (bicyclic) bond motifs is 2. The molecule has 2 aromatic rings. The Morgan fingerprint density at radius 3 is 2.75 bits per heavy atom. The summed E-state index contributed by atoms with van der Waals surface area (Å²) in [6, 6.07) is 0. The van der Waals surface area contributed by atoms with Crippen LogP contribution >= 0.6 is 11.6 Å². The van der Waals surface area contributed by atoms with Gasteiger partial charge in [-0.3, -0.25) is 4.21 Å². The van der Waals surface area contributed by atoms with E-state index < -0.39 is 10.8 Å². The van der Waals surface area contributed by atoms with Gasteiger partial charge in [-0.25, -0.2) is 15.0 Å². The van der Waals surface area contributed by atoms with E-state index in [1.165, 1.54) is 5.57 Å². The number of hydrogen-bond donors (Lipinski definition) is 2. The van der Waals surface area contributed by atoms with Gasteiger partial charge in [-0.15, -0.1) is 0 Å². The van der Waals surface area contributed by atoms with Gasteiger partial charge >= 0.3 is 0 Å². The van der Waals surface area contributed by atoms with E-state index in [0.29, 0.717) is 40.8 Å². The van der Waals surface area contributed by atoms with Gasteiger partial charge in [0.05, 0.1) is 33.7 Å². The molecule has 2 aromatic heterocycles. The van der Waals surface area contributed by atoms with Crippen LogP contribution in [-0.2, 0) is 17.2 Å². The van der Waals surface area contributed by atoms with E-state index in [4.69, 9.17) is 21.6 Å². The molecule has 4 aliphatic rings. The van der Waals surface area contributed by atoms with Gasteiger partial charge in [0.15, 0.2) is 5.82 Å². The molecule has 10 heteroatoms. The quantitative estimate of drug-likeness (QED) is 0.683. The average molecular weight is 473 g/mol. The molecule has 168 valence electrons. The second-order valence-electron chi connectivity index (χ2n) is 9.31. The Morgan fingerprint density at radius 1 is 1.25 bits per heavy atom. The van der Waals surface area contributed by atoms with E-state index in [1.54, 1.807) is 12.4 Å². The molecule has 1 saturated carbocycles. The van der Waals surface area contributed by atoms with Crippen molar-refractivity contribution in [3.63, 3.8) is 0 Å². The van der Waals surface area contributed by atoms with Crippen LogP contribution in [0.2, 0.25) is 5.02 Å². The Hall–Kier alpha value is -2.10.